The van der Waals surface area contributed by atoms with E-state index in [4.69, 9.17) is 21.1 Å². The second-order valence-corrected chi connectivity index (χ2v) is 6.62. The lowest BCUT2D eigenvalue weighted by Gasteiger charge is -2.14. The van der Waals surface area contributed by atoms with Crippen LogP contribution < -0.4 is 19.7 Å². The molecule has 1 fully saturated rings. The summed E-state index contributed by atoms with van der Waals surface area (Å²) in [6.45, 7) is 3.85. The van der Waals surface area contributed by atoms with E-state index in [0.29, 0.717) is 27.8 Å². The Morgan fingerprint density at radius 2 is 1.89 bits per heavy atom. The first kappa shape index (κ1) is 18.8. The van der Waals surface area contributed by atoms with Crippen molar-refractivity contribution in [3.8, 4) is 11.5 Å². The monoisotopic (exact) mass is 386 g/mol. The minimum Gasteiger partial charge on any atom is -0.493 e. The zero-order valence-electron chi connectivity index (χ0n) is 15.2. The van der Waals surface area contributed by atoms with Crippen molar-refractivity contribution in [2.75, 3.05) is 12.0 Å². The van der Waals surface area contributed by atoms with Gasteiger partial charge >= 0.3 is 6.03 Å². The Balaban J connectivity index is 1.89. The van der Waals surface area contributed by atoms with Gasteiger partial charge in [0.1, 0.15) is 5.70 Å². The van der Waals surface area contributed by atoms with Gasteiger partial charge in [-0.15, -0.1) is 0 Å². The molecule has 0 radical (unpaired) electrons. The van der Waals surface area contributed by atoms with Gasteiger partial charge in [0.2, 0.25) is 0 Å². The highest BCUT2D eigenvalue weighted by atomic mass is 35.5. The molecule has 1 N–H and O–H groups in total. The molecule has 3 amide bonds. The lowest BCUT2D eigenvalue weighted by atomic mass is 10.1. The zero-order valence-corrected chi connectivity index (χ0v) is 15.9. The number of amides is 3. The number of carbonyl (C=O) groups excluding carboxylic acids is 2. The lowest BCUT2D eigenvalue weighted by Crippen LogP contribution is -2.30. The summed E-state index contributed by atoms with van der Waals surface area (Å²) in [5.41, 5.74) is 1.27. The van der Waals surface area contributed by atoms with Crippen molar-refractivity contribution in [3.05, 3.63) is 58.7 Å². The molecule has 0 saturated carbocycles. The summed E-state index contributed by atoms with van der Waals surface area (Å²) < 4.78 is 11.0. The van der Waals surface area contributed by atoms with Crippen LogP contribution in [0.1, 0.15) is 19.4 Å². The average molecular weight is 387 g/mol. The molecule has 0 atom stereocenters. The Bertz CT molecular complexity index is 924. The molecule has 0 aliphatic carbocycles. The molecule has 27 heavy (non-hydrogen) atoms. The van der Waals surface area contributed by atoms with E-state index in [2.05, 4.69) is 5.32 Å². The minimum absolute atomic E-state index is 0.00468. The number of anilines is 1. The molecule has 6 nitrogen and oxygen atoms in total. The van der Waals surface area contributed by atoms with Crippen molar-refractivity contribution in [1.29, 1.82) is 0 Å². The van der Waals surface area contributed by atoms with E-state index >= 15 is 0 Å². The predicted octanol–water partition coefficient (Wildman–Crippen LogP) is 4.23. The number of imide groups is 1. The number of methoxy groups -OCH3 is 1. The molecule has 0 unspecified atom stereocenters. The SMILES string of the molecule is COc1cc(C=C2NC(=O)N(c3cccc(Cl)c3)C2=O)ccc1OC(C)C. The van der Waals surface area contributed by atoms with Crippen LogP contribution in [0.3, 0.4) is 0 Å². The number of nitrogens with one attached hydrogen (secondary N) is 1. The second kappa shape index (κ2) is 7.72. The normalized spacial score (nSPS) is 15.4. The highest BCUT2D eigenvalue weighted by Crippen LogP contribution is 2.30. The number of nitrogens with zero attached hydrogens (tertiary/aromatic N) is 1. The first-order valence-electron chi connectivity index (χ1n) is 8.36. The predicted molar refractivity (Wildman–Crippen MR) is 104 cm³/mol. The van der Waals surface area contributed by atoms with Gasteiger partial charge < -0.3 is 14.8 Å². The van der Waals surface area contributed by atoms with Gasteiger partial charge in [-0.3, -0.25) is 4.79 Å². The van der Waals surface area contributed by atoms with Crippen molar-refractivity contribution in [3.63, 3.8) is 0 Å². The van der Waals surface area contributed by atoms with Crippen LogP contribution in [-0.4, -0.2) is 25.2 Å². The highest BCUT2D eigenvalue weighted by Gasteiger charge is 2.34. The maximum atomic E-state index is 12.7. The molecule has 1 aliphatic rings. The maximum absolute atomic E-state index is 12.7. The first-order chi connectivity index (χ1) is 12.9. The molecule has 1 saturated heterocycles. The molecule has 0 spiro atoms. The van der Waals surface area contributed by atoms with Gasteiger partial charge in [-0.1, -0.05) is 23.7 Å². The fourth-order valence-corrected chi connectivity index (χ4v) is 2.86. The fourth-order valence-electron chi connectivity index (χ4n) is 2.68. The van der Waals surface area contributed by atoms with Gasteiger partial charge in [0.25, 0.3) is 5.91 Å². The summed E-state index contributed by atoms with van der Waals surface area (Å²) in [7, 11) is 1.54. The Kier molecular flexibility index (Phi) is 5.37. The van der Waals surface area contributed by atoms with E-state index in [1.165, 1.54) is 0 Å². The third kappa shape index (κ3) is 4.06. The number of halogens is 1. The number of hydrogen-bond donors (Lipinski definition) is 1. The Morgan fingerprint density at radius 1 is 1.11 bits per heavy atom. The highest BCUT2D eigenvalue weighted by molar-refractivity contribution is 6.32. The van der Waals surface area contributed by atoms with Gasteiger partial charge in [-0.05, 0) is 55.8 Å². The van der Waals surface area contributed by atoms with E-state index in [9.17, 15) is 9.59 Å². The number of carbonyl (C=O) groups is 2. The van der Waals surface area contributed by atoms with Crippen LogP contribution in [0.4, 0.5) is 10.5 Å². The Hall–Kier alpha value is -2.99. The van der Waals surface area contributed by atoms with Crippen LogP contribution in [0.25, 0.3) is 6.08 Å². The minimum atomic E-state index is -0.528. The topological polar surface area (TPSA) is 67.9 Å². The third-order valence-electron chi connectivity index (χ3n) is 3.81. The van der Waals surface area contributed by atoms with Gasteiger partial charge in [-0.25, -0.2) is 9.69 Å². The van der Waals surface area contributed by atoms with Crippen LogP contribution in [0.5, 0.6) is 11.5 Å². The van der Waals surface area contributed by atoms with E-state index in [-0.39, 0.29) is 11.8 Å². The standard InChI is InChI=1S/C20H19ClN2O4/c1-12(2)27-17-8-7-13(10-18(17)26-3)9-16-19(24)23(20(25)22-16)15-6-4-5-14(21)11-15/h4-12H,1-3H3,(H,22,25). The molecule has 7 heteroatoms. The van der Waals surface area contributed by atoms with Crippen molar-refractivity contribution in [2.24, 2.45) is 0 Å². The summed E-state index contributed by atoms with van der Waals surface area (Å²) in [6.07, 6.45) is 1.59. The maximum Gasteiger partial charge on any atom is 0.333 e. The molecule has 3 rings (SSSR count). The Labute approximate surface area is 162 Å². The van der Waals surface area contributed by atoms with Crippen LogP contribution in [0.2, 0.25) is 5.02 Å². The molecule has 0 bridgehead atoms. The van der Waals surface area contributed by atoms with E-state index in [1.807, 2.05) is 13.8 Å². The smallest absolute Gasteiger partial charge is 0.333 e. The average Bonchev–Trinajstić information content (AvgIpc) is 2.89. The van der Waals surface area contributed by atoms with Crippen molar-refractivity contribution < 1.29 is 19.1 Å². The molecule has 2 aromatic carbocycles. The summed E-state index contributed by atoms with van der Waals surface area (Å²) in [6, 6.07) is 11.3. The number of hydrogen-bond acceptors (Lipinski definition) is 4. The molecular formula is C20H19ClN2O4. The summed E-state index contributed by atoms with van der Waals surface area (Å²) in [4.78, 5) is 26.0. The van der Waals surface area contributed by atoms with Crippen LogP contribution >= 0.6 is 11.6 Å². The number of urea groups is 1. The quantitative estimate of drug-likeness (QED) is 0.616. The van der Waals surface area contributed by atoms with Gasteiger partial charge in [0.05, 0.1) is 18.9 Å². The van der Waals surface area contributed by atoms with E-state index in [0.717, 1.165) is 4.90 Å². The Morgan fingerprint density at radius 3 is 2.56 bits per heavy atom. The van der Waals surface area contributed by atoms with E-state index in [1.54, 1.807) is 55.7 Å². The lowest BCUT2D eigenvalue weighted by molar-refractivity contribution is -0.113. The van der Waals surface area contributed by atoms with Crippen LogP contribution in [-0.2, 0) is 4.79 Å². The first-order valence-corrected chi connectivity index (χ1v) is 8.74. The van der Waals surface area contributed by atoms with E-state index < -0.39 is 11.9 Å². The van der Waals surface area contributed by atoms with Gasteiger partial charge in [0, 0.05) is 5.02 Å². The van der Waals surface area contributed by atoms with Crippen molar-refractivity contribution in [2.45, 2.75) is 20.0 Å². The number of ether oxygens (including phenoxy) is 2. The van der Waals surface area contributed by atoms with Crippen molar-refractivity contribution >= 4 is 35.3 Å². The molecule has 140 valence electrons. The summed E-state index contributed by atoms with van der Waals surface area (Å²) in [5.74, 6) is 0.697. The third-order valence-corrected chi connectivity index (χ3v) is 4.04. The second-order valence-electron chi connectivity index (χ2n) is 6.19. The molecule has 0 aromatic heterocycles. The largest absolute Gasteiger partial charge is 0.493 e. The van der Waals surface area contributed by atoms with Crippen molar-refractivity contribution in [1.82, 2.24) is 5.32 Å². The fraction of sp³-hybridized carbons (Fsp3) is 0.200. The van der Waals surface area contributed by atoms with Gasteiger partial charge in [-0.2, -0.15) is 0 Å². The van der Waals surface area contributed by atoms with Gasteiger partial charge in [0.15, 0.2) is 11.5 Å². The van der Waals surface area contributed by atoms with Crippen LogP contribution in [0, 0.1) is 0 Å². The van der Waals surface area contributed by atoms with Crippen LogP contribution in [0.15, 0.2) is 48.2 Å². The summed E-state index contributed by atoms with van der Waals surface area (Å²) >= 11 is 5.96. The number of benzene rings is 2. The molecular weight excluding hydrogens is 368 g/mol. The molecule has 1 aliphatic heterocycles. The molecule has 1 heterocycles. The molecule has 2 aromatic rings. The zero-order chi connectivity index (χ0) is 19.6. The number of rotatable bonds is 5. The summed E-state index contributed by atoms with van der Waals surface area (Å²) in [5, 5.41) is 3.03.